The molecule has 0 bridgehead atoms. The summed E-state index contributed by atoms with van der Waals surface area (Å²) in [5.41, 5.74) is 5.83. The first-order valence-corrected chi connectivity index (χ1v) is 9.27. The number of rotatable bonds is 7. The van der Waals surface area contributed by atoms with Gasteiger partial charge in [-0.15, -0.1) is 0 Å². The van der Waals surface area contributed by atoms with Crippen molar-refractivity contribution in [3.8, 4) is 0 Å². The lowest BCUT2D eigenvalue weighted by Crippen LogP contribution is -2.31. The first-order valence-electron chi connectivity index (χ1n) is 7.79. The molecule has 0 fully saturated rings. The van der Waals surface area contributed by atoms with Gasteiger partial charge in [0.15, 0.2) is 0 Å². The molecule has 1 amide bonds. The Morgan fingerprint density at radius 2 is 1.50 bits per heavy atom. The first-order chi connectivity index (χ1) is 11.2. The number of nitrogen functional groups attached to an aromatic ring is 1. The SMILES string of the molecule is CC(=O)CC(=O)NS(=O)(=O)c1ccc(N)cc1.CCN(CC)CC. The Balaban J connectivity index is 0.000000640. The van der Waals surface area contributed by atoms with E-state index in [4.69, 9.17) is 5.73 Å². The second-order valence-electron chi connectivity index (χ2n) is 5.10. The van der Waals surface area contributed by atoms with E-state index in [0.29, 0.717) is 5.69 Å². The molecule has 0 aliphatic heterocycles. The van der Waals surface area contributed by atoms with Crippen molar-refractivity contribution in [2.75, 3.05) is 25.4 Å². The molecule has 136 valence electrons. The number of hydrogen-bond donors (Lipinski definition) is 2. The van der Waals surface area contributed by atoms with Crippen molar-refractivity contribution in [1.82, 2.24) is 9.62 Å². The van der Waals surface area contributed by atoms with Gasteiger partial charge in [0.05, 0.1) is 11.3 Å². The lowest BCUT2D eigenvalue weighted by atomic mass is 10.3. The fourth-order valence-electron chi connectivity index (χ4n) is 1.79. The number of nitrogens with one attached hydrogen (secondary N) is 1. The van der Waals surface area contributed by atoms with E-state index in [0.717, 1.165) is 0 Å². The molecule has 0 saturated heterocycles. The molecule has 8 heteroatoms. The maximum atomic E-state index is 11.7. The van der Waals surface area contributed by atoms with Gasteiger partial charge in [-0.25, -0.2) is 13.1 Å². The van der Waals surface area contributed by atoms with Gasteiger partial charge in [0.25, 0.3) is 10.0 Å². The van der Waals surface area contributed by atoms with Crippen LogP contribution in [0.25, 0.3) is 0 Å². The molecule has 0 aliphatic carbocycles. The van der Waals surface area contributed by atoms with Crippen LogP contribution in [0.4, 0.5) is 5.69 Å². The maximum Gasteiger partial charge on any atom is 0.264 e. The summed E-state index contributed by atoms with van der Waals surface area (Å²) in [4.78, 5) is 24.1. The molecule has 0 unspecified atom stereocenters. The predicted molar refractivity (Wildman–Crippen MR) is 94.9 cm³/mol. The lowest BCUT2D eigenvalue weighted by Gasteiger charge is -2.13. The van der Waals surface area contributed by atoms with Gasteiger partial charge in [-0.2, -0.15) is 0 Å². The van der Waals surface area contributed by atoms with Crippen molar-refractivity contribution in [3.63, 3.8) is 0 Å². The van der Waals surface area contributed by atoms with Crippen molar-refractivity contribution < 1.29 is 18.0 Å². The van der Waals surface area contributed by atoms with Gasteiger partial charge in [0.1, 0.15) is 5.78 Å². The summed E-state index contributed by atoms with van der Waals surface area (Å²) < 4.78 is 25.1. The van der Waals surface area contributed by atoms with E-state index in [1.54, 1.807) is 4.72 Å². The van der Waals surface area contributed by atoms with E-state index in [9.17, 15) is 18.0 Å². The number of nitrogens with zero attached hydrogens (tertiary/aromatic N) is 1. The average molecular weight is 357 g/mol. The Kier molecular flexibility index (Phi) is 9.91. The highest BCUT2D eigenvalue weighted by Gasteiger charge is 2.17. The zero-order valence-corrected chi connectivity index (χ0v) is 15.5. The van der Waals surface area contributed by atoms with Gasteiger partial charge in [-0.05, 0) is 50.8 Å². The fourth-order valence-corrected chi connectivity index (χ4v) is 2.77. The summed E-state index contributed by atoms with van der Waals surface area (Å²) in [7, 11) is -3.93. The van der Waals surface area contributed by atoms with E-state index in [2.05, 4.69) is 25.7 Å². The van der Waals surface area contributed by atoms with Crippen LogP contribution in [-0.2, 0) is 19.6 Å². The second kappa shape index (κ2) is 10.8. The van der Waals surface area contributed by atoms with Gasteiger partial charge in [0, 0.05) is 5.69 Å². The Labute approximate surface area is 144 Å². The van der Waals surface area contributed by atoms with Crippen LogP contribution in [0.1, 0.15) is 34.1 Å². The number of amides is 1. The molecular weight excluding hydrogens is 330 g/mol. The van der Waals surface area contributed by atoms with Crippen molar-refractivity contribution in [2.24, 2.45) is 0 Å². The van der Waals surface area contributed by atoms with Crippen LogP contribution >= 0.6 is 0 Å². The Hall–Kier alpha value is -1.93. The fraction of sp³-hybridized carbons (Fsp3) is 0.500. The summed E-state index contributed by atoms with van der Waals surface area (Å²) >= 11 is 0. The molecule has 1 aromatic carbocycles. The molecule has 0 aliphatic rings. The van der Waals surface area contributed by atoms with Gasteiger partial charge in [-0.3, -0.25) is 9.59 Å². The Bertz CT molecular complexity index is 618. The van der Waals surface area contributed by atoms with Crippen LogP contribution < -0.4 is 10.5 Å². The van der Waals surface area contributed by atoms with Crippen LogP contribution in [0.5, 0.6) is 0 Å². The van der Waals surface area contributed by atoms with Crippen molar-refractivity contribution in [3.05, 3.63) is 24.3 Å². The van der Waals surface area contributed by atoms with Crippen LogP contribution in [0.15, 0.2) is 29.2 Å². The summed E-state index contributed by atoms with van der Waals surface area (Å²) in [5.74, 6) is -1.26. The van der Waals surface area contributed by atoms with E-state index < -0.39 is 28.1 Å². The number of benzene rings is 1. The van der Waals surface area contributed by atoms with Crippen LogP contribution in [0, 0.1) is 0 Å². The van der Waals surface area contributed by atoms with E-state index in [1.165, 1.54) is 50.8 Å². The average Bonchev–Trinajstić information content (AvgIpc) is 2.48. The minimum Gasteiger partial charge on any atom is -0.399 e. The third-order valence-electron chi connectivity index (χ3n) is 3.19. The zero-order valence-electron chi connectivity index (χ0n) is 14.7. The molecule has 24 heavy (non-hydrogen) atoms. The third-order valence-corrected chi connectivity index (χ3v) is 4.58. The van der Waals surface area contributed by atoms with E-state index >= 15 is 0 Å². The maximum absolute atomic E-state index is 11.7. The number of anilines is 1. The number of carbonyl (C=O) groups excluding carboxylic acids is 2. The van der Waals surface area contributed by atoms with E-state index in [1.807, 2.05) is 0 Å². The van der Waals surface area contributed by atoms with Crippen molar-refractivity contribution in [1.29, 1.82) is 0 Å². The molecule has 0 saturated carbocycles. The molecule has 3 N–H and O–H groups in total. The summed E-state index contributed by atoms with van der Waals surface area (Å²) in [5, 5.41) is 0. The number of sulfonamides is 1. The van der Waals surface area contributed by atoms with Crippen LogP contribution in [0.2, 0.25) is 0 Å². The molecule has 0 spiro atoms. The largest absolute Gasteiger partial charge is 0.399 e. The molecule has 0 aromatic heterocycles. The molecule has 0 atom stereocenters. The highest BCUT2D eigenvalue weighted by Crippen LogP contribution is 2.11. The highest BCUT2D eigenvalue weighted by atomic mass is 32.2. The lowest BCUT2D eigenvalue weighted by molar-refractivity contribution is -0.126. The number of ketones is 1. The molecule has 7 nitrogen and oxygen atoms in total. The van der Waals surface area contributed by atoms with E-state index in [-0.39, 0.29) is 4.90 Å². The summed E-state index contributed by atoms with van der Waals surface area (Å²) in [6, 6.07) is 5.37. The summed E-state index contributed by atoms with van der Waals surface area (Å²) in [6.07, 6.45) is -0.464. The normalized spacial score (nSPS) is 10.7. The van der Waals surface area contributed by atoms with Gasteiger partial charge < -0.3 is 10.6 Å². The monoisotopic (exact) mass is 357 g/mol. The first kappa shape index (κ1) is 22.1. The molecule has 0 radical (unpaired) electrons. The van der Waals surface area contributed by atoms with Crippen molar-refractivity contribution >= 4 is 27.4 Å². The van der Waals surface area contributed by atoms with Gasteiger partial charge in [0.2, 0.25) is 5.91 Å². The Morgan fingerprint density at radius 3 is 1.83 bits per heavy atom. The topological polar surface area (TPSA) is 110 Å². The number of Topliss-reactive ketones (excluding diaryl/α,β-unsaturated/α-hetero) is 1. The number of carbonyl (C=O) groups is 2. The standard InChI is InChI=1S/C10H12N2O4S.C6H15N/c1-7(13)6-10(14)12-17(15,16)9-4-2-8(11)3-5-9;1-4-7(5-2)6-3/h2-5H,6,11H2,1H3,(H,12,14);4-6H2,1-3H3. The minimum atomic E-state index is -3.93. The molecule has 1 aromatic rings. The number of nitrogens with two attached hydrogens (primary N) is 1. The Morgan fingerprint density at radius 1 is 1.04 bits per heavy atom. The quantitative estimate of drug-likeness (QED) is 0.564. The molecule has 0 heterocycles. The summed E-state index contributed by atoms with van der Waals surface area (Å²) in [6.45, 7) is 11.3. The smallest absolute Gasteiger partial charge is 0.264 e. The van der Waals surface area contributed by atoms with Gasteiger partial charge in [-0.1, -0.05) is 20.8 Å². The highest BCUT2D eigenvalue weighted by molar-refractivity contribution is 7.90. The van der Waals surface area contributed by atoms with Gasteiger partial charge >= 0.3 is 0 Å². The number of hydrogen-bond acceptors (Lipinski definition) is 6. The second-order valence-corrected chi connectivity index (χ2v) is 6.78. The van der Waals surface area contributed by atoms with Crippen molar-refractivity contribution in [2.45, 2.75) is 39.0 Å². The zero-order chi connectivity index (χ0) is 18.8. The molecule has 1 rings (SSSR count). The third kappa shape index (κ3) is 8.64. The molecular formula is C16H27N3O4S. The minimum absolute atomic E-state index is 0.0800. The van der Waals surface area contributed by atoms with Crippen LogP contribution in [-0.4, -0.2) is 44.6 Å². The van der Waals surface area contributed by atoms with Crippen LogP contribution in [0.3, 0.4) is 0 Å². The predicted octanol–water partition coefficient (Wildman–Crippen LogP) is 1.40.